The van der Waals surface area contributed by atoms with Crippen LogP contribution in [0.2, 0.25) is 0 Å². The Morgan fingerprint density at radius 2 is 1.87 bits per heavy atom. The molecule has 1 amide bonds. The molecule has 6 nitrogen and oxygen atoms in total. The van der Waals surface area contributed by atoms with Crippen LogP contribution >= 0.6 is 0 Å². The van der Waals surface area contributed by atoms with Gasteiger partial charge in [-0.25, -0.2) is 8.42 Å². The molecule has 0 saturated heterocycles. The Hall–Kier alpha value is -2.29. The molecular formula is C14H14F2N2O4S. The molecule has 1 aromatic heterocycles. The van der Waals surface area contributed by atoms with Gasteiger partial charge in [0.05, 0.1) is 17.0 Å². The number of carbonyl (C=O) groups is 1. The summed E-state index contributed by atoms with van der Waals surface area (Å²) >= 11 is 0. The molecule has 1 aromatic carbocycles. The van der Waals surface area contributed by atoms with E-state index in [0.717, 1.165) is 12.1 Å². The van der Waals surface area contributed by atoms with Crippen molar-refractivity contribution in [3.8, 4) is 0 Å². The summed E-state index contributed by atoms with van der Waals surface area (Å²) in [7, 11) is -4.64. The van der Waals surface area contributed by atoms with E-state index in [4.69, 9.17) is 4.52 Å². The Morgan fingerprint density at radius 3 is 2.35 bits per heavy atom. The number of alkyl halides is 2. The number of hydrogen-bond donors (Lipinski definition) is 1. The minimum Gasteiger partial charge on any atom is -0.361 e. The summed E-state index contributed by atoms with van der Waals surface area (Å²) in [5.41, 5.74) is 1.57. The van der Waals surface area contributed by atoms with Crippen LogP contribution in [-0.2, 0) is 21.1 Å². The highest BCUT2D eigenvalue weighted by atomic mass is 32.2. The lowest BCUT2D eigenvalue weighted by Crippen LogP contribution is -2.15. The van der Waals surface area contributed by atoms with E-state index < -0.39 is 20.5 Å². The number of halogens is 2. The van der Waals surface area contributed by atoms with Crippen LogP contribution in [0, 0.1) is 13.8 Å². The minimum absolute atomic E-state index is 0.0399. The third-order valence-corrected chi connectivity index (χ3v) is 4.62. The first kappa shape index (κ1) is 17.1. The van der Waals surface area contributed by atoms with Gasteiger partial charge in [0.2, 0.25) is 15.7 Å². The standard InChI is InChI=1S/C14H14F2N2O4S/c1-8-12(9(2)22-18-8)7-13(19)17-10-3-5-11(6-4-10)23(20,21)14(15)16/h3-6,14H,7H2,1-2H3,(H,17,19). The van der Waals surface area contributed by atoms with Gasteiger partial charge in [-0.1, -0.05) is 5.16 Å². The maximum atomic E-state index is 12.4. The second-order valence-corrected chi connectivity index (χ2v) is 6.78. The molecule has 0 aliphatic rings. The molecule has 0 aliphatic heterocycles. The van der Waals surface area contributed by atoms with Crippen LogP contribution in [0.3, 0.4) is 0 Å². The number of aromatic nitrogens is 1. The first-order valence-corrected chi connectivity index (χ1v) is 8.10. The van der Waals surface area contributed by atoms with Gasteiger partial charge in [-0.2, -0.15) is 8.78 Å². The summed E-state index contributed by atoms with van der Waals surface area (Å²) in [6.07, 6.45) is 0.0399. The van der Waals surface area contributed by atoms with Gasteiger partial charge in [-0.15, -0.1) is 0 Å². The van der Waals surface area contributed by atoms with Crippen LogP contribution in [0.25, 0.3) is 0 Å². The van der Waals surface area contributed by atoms with Crippen LogP contribution in [0.15, 0.2) is 33.7 Å². The number of rotatable bonds is 5. The monoisotopic (exact) mass is 344 g/mol. The first-order chi connectivity index (χ1) is 10.7. The van der Waals surface area contributed by atoms with E-state index in [-0.39, 0.29) is 12.3 Å². The molecule has 9 heteroatoms. The number of amides is 1. The third kappa shape index (κ3) is 3.73. The van der Waals surface area contributed by atoms with Crippen LogP contribution < -0.4 is 5.32 Å². The Bertz CT molecular complexity index is 794. The zero-order valence-corrected chi connectivity index (χ0v) is 13.2. The lowest BCUT2D eigenvalue weighted by molar-refractivity contribution is -0.115. The smallest absolute Gasteiger partial charge is 0.341 e. The predicted octanol–water partition coefficient (Wildman–Crippen LogP) is 2.47. The summed E-state index contributed by atoms with van der Waals surface area (Å²) in [6, 6.07) is 4.54. The van der Waals surface area contributed by atoms with Crippen LogP contribution in [0.5, 0.6) is 0 Å². The van der Waals surface area contributed by atoms with Crippen LogP contribution in [0.1, 0.15) is 17.0 Å². The topological polar surface area (TPSA) is 89.3 Å². The SMILES string of the molecule is Cc1noc(C)c1CC(=O)Nc1ccc(S(=O)(=O)C(F)F)cc1. The average Bonchev–Trinajstić information content (AvgIpc) is 2.79. The molecule has 0 radical (unpaired) electrons. The van der Waals surface area contributed by atoms with Crippen molar-refractivity contribution >= 4 is 21.4 Å². The number of anilines is 1. The van der Waals surface area contributed by atoms with Crippen LogP contribution in [0.4, 0.5) is 14.5 Å². The minimum atomic E-state index is -4.64. The molecule has 124 valence electrons. The number of hydrogen-bond acceptors (Lipinski definition) is 5. The van der Waals surface area contributed by atoms with Gasteiger partial charge in [0.1, 0.15) is 5.76 Å². The van der Waals surface area contributed by atoms with E-state index in [0.29, 0.717) is 22.7 Å². The number of nitrogens with zero attached hydrogens (tertiary/aromatic N) is 1. The van der Waals surface area contributed by atoms with Crippen molar-refractivity contribution in [1.82, 2.24) is 5.16 Å². The molecule has 1 heterocycles. The fourth-order valence-electron chi connectivity index (χ4n) is 1.95. The van der Waals surface area contributed by atoms with E-state index in [2.05, 4.69) is 10.5 Å². The van der Waals surface area contributed by atoms with E-state index in [9.17, 15) is 22.0 Å². The van der Waals surface area contributed by atoms with Crippen molar-refractivity contribution < 1.29 is 26.5 Å². The van der Waals surface area contributed by atoms with Crippen molar-refractivity contribution in [2.45, 2.75) is 30.9 Å². The molecule has 0 fully saturated rings. The molecule has 2 rings (SSSR count). The highest BCUT2D eigenvalue weighted by Crippen LogP contribution is 2.20. The van der Waals surface area contributed by atoms with Crippen molar-refractivity contribution in [3.63, 3.8) is 0 Å². The van der Waals surface area contributed by atoms with E-state index >= 15 is 0 Å². The summed E-state index contributed by atoms with van der Waals surface area (Å²) in [4.78, 5) is 11.5. The van der Waals surface area contributed by atoms with Gasteiger partial charge in [0, 0.05) is 11.3 Å². The quantitative estimate of drug-likeness (QED) is 0.900. The number of carbonyl (C=O) groups excluding carboxylic acids is 1. The lowest BCUT2D eigenvalue weighted by atomic mass is 10.1. The summed E-state index contributed by atoms with van der Waals surface area (Å²) in [5.74, 6) is -3.30. The van der Waals surface area contributed by atoms with Gasteiger partial charge in [-0.05, 0) is 38.1 Å². The highest BCUT2D eigenvalue weighted by Gasteiger charge is 2.26. The van der Waals surface area contributed by atoms with Crippen molar-refractivity contribution in [2.24, 2.45) is 0 Å². The van der Waals surface area contributed by atoms with Gasteiger partial charge >= 0.3 is 5.76 Å². The number of benzene rings is 1. The van der Waals surface area contributed by atoms with Crippen molar-refractivity contribution in [3.05, 3.63) is 41.3 Å². The van der Waals surface area contributed by atoms with Gasteiger partial charge in [0.15, 0.2) is 0 Å². The fourth-order valence-corrected chi connectivity index (χ4v) is 2.67. The third-order valence-electron chi connectivity index (χ3n) is 3.22. The molecule has 0 unspecified atom stereocenters. The van der Waals surface area contributed by atoms with Crippen molar-refractivity contribution in [2.75, 3.05) is 5.32 Å². The molecule has 0 spiro atoms. The lowest BCUT2D eigenvalue weighted by Gasteiger charge is -2.07. The first-order valence-electron chi connectivity index (χ1n) is 6.55. The zero-order valence-electron chi connectivity index (χ0n) is 12.3. The normalized spacial score (nSPS) is 11.7. The summed E-state index contributed by atoms with van der Waals surface area (Å²) < 4.78 is 52.4. The van der Waals surface area contributed by atoms with Crippen molar-refractivity contribution in [1.29, 1.82) is 0 Å². The van der Waals surface area contributed by atoms with Gasteiger partial charge in [0.25, 0.3) is 0 Å². The number of aryl methyl sites for hydroxylation is 2. The van der Waals surface area contributed by atoms with Gasteiger partial charge in [-0.3, -0.25) is 4.79 Å². The molecule has 1 N–H and O–H groups in total. The van der Waals surface area contributed by atoms with Gasteiger partial charge < -0.3 is 9.84 Å². The van der Waals surface area contributed by atoms with E-state index in [1.54, 1.807) is 13.8 Å². The molecule has 0 bridgehead atoms. The number of nitrogens with one attached hydrogen (secondary N) is 1. The molecular weight excluding hydrogens is 330 g/mol. The second-order valence-electron chi connectivity index (χ2n) is 4.86. The number of sulfone groups is 1. The summed E-state index contributed by atoms with van der Waals surface area (Å²) in [5, 5.41) is 6.29. The summed E-state index contributed by atoms with van der Waals surface area (Å²) in [6.45, 7) is 3.40. The molecule has 2 aromatic rings. The molecule has 0 aliphatic carbocycles. The Labute approximate surface area is 131 Å². The zero-order chi connectivity index (χ0) is 17.2. The Balaban J connectivity index is 2.08. The largest absolute Gasteiger partial charge is 0.361 e. The van der Waals surface area contributed by atoms with E-state index in [1.807, 2.05) is 0 Å². The molecule has 0 saturated carbocycles. The Kier molecular flexibility index (Phi) is 4.79. The van der Waals surface area contributed by atoms with Crippen LogP contribution in [-0.4, -0.2) is 25.2 Å². The second kappa shape index (κ2) is 6.45. The molecule has 23 heavy (non-hydrogen) atoms. The fraction of sp³-hybridized carbons (Fsp3) is 0.286. The maximum absolute atomic E-state index is 12.4. The average molecular weight is 344 g/mol. The van der Waals surface area contributed by atoms with E-state index in [1.165, 1.54) is 12.1 Å². The highest BCUT2D eigenvalue weighted by molar-refractivity contribution is 7.91. The Morgan fingerprint density at radius 1 is 1.26 bits per heavy atom. The maximum Gasteiger partial charge on any atom is 0.341 e. The predicted molar refractivity (Wildman–Crippen MR) is 77.9 cm³/mol. The molecule has 0 atom stereocenters.